The zero-order valence-electron chi connectivity index (χ0n) is 12.6. The van der Waals surface area contributed by atoms with Crippen molar-refractivity contribution in [2.24, 2.45) is 0 Å². The highest BCUT2D eigenvalue weighted by molar-refractivity contribution is 7.99. The SMILES string of the molecule is CCCNC(CSC(C)CC)c1ccccc1OC. The van der Waals surface area contributed by atoms with E-state index in [1.54, 1.807) is 7.11 Å². The molecule has 0 aliphatic heterocycles. The van der Waals surface area contributed by atoms with E-state index in [-0.39, 0.29) is 0 Å². The van der Waals surface area contributed by atoms with Crippen LogP contribution in [0.25, 0.3) is 0 Å². The van der Waals surface area contributed by atoms with E-state index < -0.39 is 0 Å². The molecule has 0 saturated heterocycles. The lowest BCUT2D eigenvalue weighted by atomic mass is 10.1. The van der Waals surface area contributed by atoms with Gasteiger partial charge in [-0.1, -0.05) is 39.0 Å². The lowest BCUT2D eigenvalue weighted by Crippen LogP contribution is -2.25. The van der Waals surface area contributed by atoms with Gasteiger partial charge in [0.05, 0.1) is 7.11 Å². The predicted molar refractivity (Wildman–Crippen MR) is 86.2 cm³/mol. The van der Waals surface area contributed by atoms with Crippen LogP contribution in [0.4, 0.5) is 0 Å². The molecular weight excluding hydrogens is 254 g/mol. The average Bonchev–Trinajstić information content (AvgIpc) is 2.47. The Labute approximate surface area is 122 Å². The number of methoxy groups -OCH3 is 1. The third-order valence-corrected chi connectivity index (χ3v) is 4.71. The summed E-state index contributed by atoms with van der Waals surface area (Å²) in [6, 6.07) is 8.70. The molecule has 1 N–H and O–H groups in total. The zero-order valence-corrected chi connectivity index (χ0v) is 13.4. The summed E-state index contributed by atoms with van der Waals surface area (Å²) in [5, 5.41) is 4.35. The molecule has 1 aromatic carbocycles. The van der Waals surface area contributed by atoms with Crippen molar-refractivity contribution < 1.29 is 4.74 Å². The van der Waals surface area contributed by atoms with Crippen LogP contribution in [-0.4, -0.2) is 24.7 Å². The minimum Gasteiger partial charge on any atom is -0.496 e. The molecule has 0 amide bonds. The van der Waals surface area contributed by atoms with E-state index in [0.29, 0.717) is 11.3 Å². The molecule has 0 saturated carbocycles. The number of nitrogens with one attached hydrogen (secondary N) is 1. The Balaban J connectivity index is 2.76. The van der Waals surface area contributed by atoms with Crippen molar-refractivity contribution in [3.8, 4) is 5.75 Å². The summed E-state index contributed by atoms with van der Waals surface area (Å²) in [6.45, 7) is 7.79. The molecule has 108 valence electrons. The Morgan fingerprint density at radius 2 is 2.00 bits per heavy atom. The first-order valence-corrected chi connectivity index (χ1v) is 8.25. The molecule has 2 nitrogen and oxygen atoms in total. The molecule has 0 radical (unpaired) electrons. The topological polar surface area (TPSA) is 21.3 Å². The maximum atomic E-state index is 5.49. The van der Waals surface area contributed by atoms with Crippen molar-refractivity contribution in [3.63, 3.8) is 0 Å². The van der Waals surface area contributed by atoms with Gasteiger partial charge in [-0.05, 0) is 25.5 Å². The maximum Gasteiger partial charge on any atom is 0.123 e. The van der Waals surface area contributed by atoms with Gasteiger partial charge in [-0.3, -0.25) is 0 Å². The highest BCUT2D eigenvalue weighted by Gasteiger charge is 2.16. The van der Waals surface area contributed by atoms with Crippen molar-refractivity contribution >= 4 is 11.8 Å². The fourth-order valence-corrected chi connectivity index (χ4v) is 2.96. The first-order valence-electron chi connectivity index (χ1n) is 7.20. The van der Waals surface area contributed by atoms with Crippen LogP contribution in [0.5, 0.6) is 5.75 Å². The molecule has 2 atom stereocenters. The molecule has 0 spiro atoms. The van der Waals surface area contributed by atoms with Crippen LogP contribution in [-0.2, 0) is 0 Å². The van der Waals surface area contributed by atoms with Crippen LogP contribution in [0, 0.1) is 0 Å². The Bertz CT molecular complexity index is 356. The van der Waals surface area contributed by atoms with Gasteiger partial charge in [0, 0.05) is 22.6 Å². The van der Waals surface area contributed by atoms with E-state index in [0.717, 1.165) is 24.5 Å². The van der Waals surface area contributed by atoms with Crippen LogP contribution in [0.1, 0.15) is 45.2 Å². The van der Waals surface area contributed by atoms with Crippen molar-refractivity contribution in [2.75, 3.05) is 19.4 Å². The van der Waals surface area contributed by atoms with Gasteiger partial charge in [-0.25, -0.2) is 0 Å². The molecule has 0 bridgehead atoms. The number of para-hydroxylation sites is 1. The van der Waals surface area contributed by atoms with Crippen molar-refractivity contribution in [1.29, 1.82) is 0 Å². The third kappa shape index (κ3) is 5.45. The predicted octanol–water partition coefficient (Wildman–Crippen LogP) is 4.27. The van der Waals surface area contributed by atoms with Gasteiger partial charge in [0.2, 0.25) is 0 Å². The van der Waals surface area contributed by atoms with E-state index in [2.05, 4.69) is 38.2 Å². The van der Waals surface area contributed by atoms with Gasteiger partial charge in [0.1, 0.15) is 5.75 Å². The lowest BCUT2D eigenvalue weighted by Gasteiger charge is -2.22. The number of rotatable bonds is 9. The number of hydrogen-bond donors (Lipinski definition) is 1. The molecule has 19 heavy (non-hydrogen) atoms. The van der Waals surface area contributed by atoms with E-state index in [9.17, 15) is 0 Å². The molecule has 1 rings (SSSR count). The van der Waals surface area contributed by atoms with Gasteiger partial charge in [-0.15, -0.1) is 0 Å². The minimum atomic E-state index is 0.370. The second-order valence-corrected chi connectivity index (χ2v) is 6.27. The van der Waals surface area contributed by atoms with Crippen molar-refractivity contribution in [2.45, 2.75) is 44.9 Å². The molecule has 0 heterocycles. The molecule has 0 aliphatic rings. The largest absolute Gasteiger partial charge is 0.496 e. The number of ether oxygens (including phenoxy) is 1. The summed E-state index contributed by atoms with van der Waals surface area (Å²) in [5.74, 6) is 2.08. The summed E-state index contributed by atoms with van der Waals surface area (Å²) in [6.07, 6.45) is 2.37. The van der Waals surface area contributed by atoms with E-state index in [4.69, 9.17) is 4.74 Å². The first kappa shape index (κ1) is 16.4. The van der Waals surface area contributed by atoms with Gasteiger partial charge in [0.25, 0.3) is 0 Å². The summed E-state index contributed by atoms with van der Waals surface area (Å²) >= 11 is 2.03. The first-order chi connectivity index (χ1) is 9.22. The van der Waals surface area contributed by atoms with Crippen LogP contribution in [0.2, 0.25) is 0 Å². The summed E-state index contributed by atoms with van der Waals surface area (Å²) < 4.78 is 5.49. The fraction of sp³-hybridized carbons (Fsp3) is 0.625. The zero-order chi connectivity index (χ0) is 14.1. The Morgan fingerprint density at radius 3 is 2.63 bits per heavy atom. The van der Waals surface area contributed by atoms with Gasteiger partial charge < -0.3 is 10.1 Å². The van der Waals surface area contributed by atoms with Crippen LogP contribution < -0.4 is 10.1 Å². The van der Waals surface area contributed by atoms with Gasteiger partial charge >= 0.3 is 0 Å². The van der Waals surface area contributed by atoms with Gasteiger partial charge in [0.15, 0.2) is 0 Å². The Morgan fingerprint density at radius 1 is 1.26 bits per heavy atom. The van der Waals surface area contributed by atoms with Crippen LogP contribution in [0.3, 0.4) is 0 Å². The summed E-state index contributed by atoms with van der Waals surface area (Å²) in [7, 11) is 1.75. The average molecular weight is 281 g/mol. The fourth-order valence-electron chi connectivity index (χ4n) is 1.91. The quantitative estimate of drug-likeness (QED) is 0.730. The van der Waals surface area contributed by atoms with E-state index in [1.165, 1.54) is 12.0 Å². The maximum absolute atomic E-state index is 5.49. The third-order valence-electron chi connectivity index (χ3n) is 3.28. The van der Waals surface area contributed by atoms with Crippen molar-refractivity contribution in [3.05, 3.63) is 29.8 Å². The highest BCUT2D eigenvalue weighted by atomic mass is 32.2. The molecule has 3 heteroatoms. The van der Waals surface area contributed by atoms with Crippen molar-refractivity contribution in [1.82, 2.24) is 5.32 Å². The molecule has 0 fully saturated rings. The minimum absolute atomic E-state index is 0.370. The molecule has 2 unspecified atom stereocenters. The smallest absolute Gasteiger partial charge is 0.123 e. The normalized spacial score (nSPS) is 14.1. The molecular formula is C16H27NOS. The summed E-state index contributed by atoms with van der Waals surface area (Å²) in [4.78, 5) is 0. The highest BCUT2D eigenvalue weighted by Crippen LogP contribution is 2.29. The molecule has 1 aromatic rings. The summed E-state index contributed by atoms with van der Waals surface area (Å²) in [5.41, 5.74) is 1.27. The Kier molecular flexibility index (Phi) is 7.99. The number of thioether (sulfide) groups is 1. The lowest BCUT2D eigenvalue weighted by molar-refractivity contribution is 0.402. The standard InChI is InChI=1S/C16H27NOS/c1-5-11-17-15(12-19-13(3)6-2)14-9-7-8-10-16(14)18-4/h7-10,13,15,17H,5-6,11-12H2,1-4H3. The van der Waals surface area contributed by atoms with Crippen LogP contribution >= 0.6 is 11.8 Å². The number of hydrogen-bond acceptors (Lipinski definition) is 3. The Hall–Kier alpha value is -0.670. The van der Waals surface area contributed by atoms with Crippen LogP contribution in [0.15, 0.2) is 24.3 Å². The second kappa shape index (κ2) is 9.27. The van der Waals surface area contributed by atoms with E-state index >= 15 is 0 Å². The number of benzene rings is 1. The van der Waals surface area contributed by atoms with Gasteiger partial charge in [-0.2, -0.15) is 11.8 Å². The molecule has 0 aliphatic carbocycles. The van der Waals surface area contributed by atoms with E-state index in [1.807, 2.05) is 23.9 Å². The second-order valence-electron chi connectivity index (χ2n) is 4.80. The monoisotopic (exact) mass is 281 g/mol. The molecule has 0 aromatic heterocycles.